The molecule has 0 fully saturated rings. The maximum absolute atomic E-state index is 12.1. The van der Waals surface area contributed by atoms with E-state index in [4.69, 9.17) is 0 Å². The summed E-state index contributed by atoms with van der Waals surface area (Å²) >= 11 is 0. The van der Waals surface area contributed by atoms with Crippen molar-refractivity contribution in [2.45, 2.75) is 33.1 Å². The summed E-state index contributed by atoms with van der Waals surface area (Å²) < 4.78 is 28.2. The van der Waals surface area contributed by atoms with Gasteiger partial charge in [0.1, 0.15) is 0 Å². The van der Waals surface area contributed by atoms with Gasteiger partial charge in [0.05, 0.1) is 5.75 Å². The Morgan fingerprint density at radius 1 is 1.17 bits per heavy atom. The second-order valence-corrected chi connectivity index (χ2v) is 7.42. The summed E-state index contributed by atoms with van der Waals surface area (Å²) in [5.74, 6) is -0.0747. The lowest BCUT2D eigenvalue weighted by Crippen LogP contribution is -2.33. The average Bonchev–Trinajstić information content (AvgIpc) is 2.41. The molecular formula is C16H21N3O3S. The van der Waals surface area contributed by atoms with E-state index in [0.717, 1.165) is 16.8 Å². The van der Waals surface area contributed by atoms with Gasteiger partial charge in [0.2, 0.25) is 10.0 Å². The van der Waals surface area contributed by atoms with Crippen molar-refractivity contribution in [2.24, 2.45) is 0 Å². The van der Waals surface area contributed by atoms with Crippen LogP contribution in [0.15, 0.2) is 35.1 Å². The van der Waals surface area contributed by atoms with E-state index in [9.17, 15) is 13.2 Å². The zero-order valence-electron chi connectivity index (χ0n) is 13.5. The van der Waals surface area contributed by atoms with E-state index >= 15 is 0 Å². The lowest BCUT2D eigenvalue weighted by Gasteiger charge is -2.11. The Balaban J connectivity index is 1.99. The van der Waals surface area contributed by atoms with Crippen LogP contribution in [-0.4, -0.2) is 24.5 Å². The highest BCUT2D eigenvalue weighted by Gasteiger charge is 2.12. The highest BCUT2D eigenvalue weighted by atomic mass is 32.2. The van der Waals surface area contributed by atoms with Crippen molar-refractivity contribution in [2.75, 3.05) is 6.54 Å². The normalized spacial score (nSPS) is 11.6. The molecule has 0 radical (unpaired) electrons. The van der Waals surface area contributed by atoms with Gasteiger partial charge in [-0.05, 0) is 32.4 Å². The van der Waals surface area contributed by atoms with Gasteiger partial charge in [-0.15, -0.1) is 0 Å². The SMILES string of the molecule is Cc1cccc(CS(=O)(=O)NCCn2c(C)cc(C)nc2=O)c1. The Kier molecular flexibility index (Phi) is 5.33. The molecule has 1 N–H and O–H groups in total. The lowest BCUT2D eigenvalue weighted by molar-refractivity contribution is 0.563. The first kappa shape index (κ1) is 17.4. The van der Waals surface area contributed by atoms with E-state index in [1.165, 1.54) is 4.57 Å². The van der Waals surface area contributed by atoms with Crippen molar-refractivity contribution in [3.63, 3.8) is 0 Å². The standard InChI is InChI=1S/C16H21N3O3S/c1-12-5-4-6-15(9-12)11-23(21,22)17-7-8-19-14(3)10-13(2)18-16(19)20/h4-6,9-10,17H,7-8,11H2,1-3H3. The predicted octanol–water partition coefficient (Wildman–Crippen LogP) is 1.29. The van der Waals surface area contributed by atoms with E-state index in [0.29, 0.717) is 5.69 Å². The summed E-state index contributed by atoms with van der Waals surface area (Å²) in [5, 5.41) is 0. The van der Waals surface area contributed by atoms with Crippen LogP contribution in [0.2, 0.25) is 0 Å². The molecule has 7 heteroatoms. The molecule has 1 aromatic heterocycles. The molecule has 6 nitrogen and oxygen atoms in total. The van der Waals surface area contributed by atoms with Crippen molar-refractivity contribution in [1.29, 1.82) is 0 Å². The van der Waals surface area contributed by atoms with E-state index in [1.54, 1.807) is 26.0 Å². The molecule has 1 aromatic carbocycles. The Morgan fingerprint density at radius 2 is 1.91 bits per heavy atom. The van der Waals surface area contributed by atoms with Gasteiger partial charge in [-0.2, -0.15) is 4.98 Å². The second kappa shape index (κ2) is 7.06. The molecule has 0 aliphatic heterocycles. The Labute approximate surface area is 136 Å². The number of benzene rings is 1. The zero-order chi connectivity index (χ0) is 17.0. The Hall–Kier alpha value is -1.99. The van der Waals surface area contributed by atoms with Gasteiger partial charge >= 0.3 is 5.69 Å². The quantitative estimate of drug-likeness (QED) is 0.862. The summed E-state index contributed by atoms with van der Waals surface area (Å²) in [7, 11) is -3.44. The smallest absolute Gasteiger partial charge is 0.295 e. The lowest BCUT2D eigenvalue weighted by atomic mass is 10.2. The maximum Gasteiger partial charge on any atom is 0.348 e. The molecule has 2 aromatic rings. The van der Waals surface area contributed by atoms with Gasteiger partial charge in [-0.25, -0.2) is 17.9 Å². The molecule has 2 rings (SSSR count). The average molecular weight is 335 g/mol. The van der Waals surface area contributed by atoms with E-state index in [1.807, 2.05) is 25.1 Å². The molecule has 0 unspecified atom stereocenters. The number of sulfonamides is 1. The predicted molar refractivity (Wildman–Crippen MR) is 89.8 cm³/mol. The van der Waals surface area contributed by atoms with Crippen LogP contribution in [0.3, 0.4) is 0 Å². The fourth-order valence-corrected chi connectivity index (χ4v) is 3.55. The van der Waals surface area contributed by atoms with Gasteiger partial charge in [0.15, 0.2) is 0 Å². The van der Waals surface area contributed by atoms with E-state index < -0.39 is 10.0 Å². The van der Waals surface area contributed by atoms with Crippen molar-refractivity contribution in [3.05, 3.63) is 63.3 Å². The molecule has 0 saturated heterocycles. The van der Waals surface area contributed by atoms with Gasteiger partial charge in [0.25, 0.3) is 0 Å². The van der Waals surface area contributed by atoms with Crippen LogP contribution in [-0.2, 0) is 22.3 Å². The molecular weight excluding hydrogens is 314 g/mol. The fourth-order valence-electron chi connectivity index (χ4n) is 2.43. The molecule has 23 heavy (non-hydrogen) atoms. The monoisotopic (exact) mass is 335 g/mol. The summed E-state index contributed by atoms with van der Waals surface area (Å²) in [4.78, 5) is 15.7. The van der Waals surface area contributed by atoms with Crippen LogP contribution in [0.4, 0.5) is 0 Å². The molecule has 0 aliphatic carbocycles. The number of nitrogens with one attached hydrogen (secondary N) is 1. The molecule has 0 bridgehead atoms. The first-order valence-electron chi connectivity index (χ1n) is 7.35. The van der Waals surface area contributed by atoms with Crippen LogP contribution >= 0.6 is 0 Å². The van der Waals surface area contributed by atoms with Gasteiger partial charge < -0.3 is 0 Å². The largest absolute Gasteiger partial charge is 0.348 e. The van der Waals surface area contributed by atoms with Crippen LogP contribution in [0, 0.1) is 20.8 Å². The summed E-state index contributed by atoms with van der Waals surface area (Å²) in [5.41, 5.74) is 2.82. The molecule has 1 heterocycles. The van der Waals surface area contributed by atoms with Crippen molar-refractivity contribution in [3.8, 4) is 0 Å². The molecule has 0 amide bonds. The maximum atomic E-state index is 12.1. The molecule has 0 spiro atoms. The number of hydrogen-bond acceptors (Lipinski definition) is 4. The summed E-state index contributed by atoms with van der Waals surface area (Å²) in [6, 6.07) is 9.18. The minimum absolute atomic E-state index is 0.0747. The van der Waals surface area contributed by atoms with Crippen LogP contribution in [0.25, 0.3) is 0 Å². The summed E-state index contributed by atoms with van der Waals surface area (Å²) in [6.07, 6.45) is 0. The third-order valence-corrected chi connectivity index (χ3v) is 4.80. The van der Waals surface area contributed by atoms with Gasteiger partial charge in [0, 0.05) is 24.5 Å². The highest BCUT2D eigenvalue weighted by Crippen LogP contribution is 2.07. The fraction of sp³-hybridized carbons (Fsp3) is 0.375. The van der Waals surface area contributed by atoms with Crippen LogP contribution in [0.1, 0.15) is 22.5 Å². The zero-order valence-corrected chi connectivity index (χ0v) is 14.4. The number of aryl methyl sites for hydroxylation is 3. The van der Waals surface area contributed by atoms with Crippen LogP contribution in [0.5, 0.6) is 0 Å². The molecule has 124 valence electrons. The third kappa shape index (κ3) is 5.01. The number of nitrogens with zero attached hydrogens (tertiary/aromatic N) is 2. The number of aromatic nitrogens is 2. The molecule has 0 saturated carbocycles. The minimum atomic E-state index is -3.44. The third-order valence-electron chi connectivity index (χ3n) is 3.44. The molecule has 0 atom stereocenters. The summed E-state index contributed by atoms with van der Waals surface area (Å²) in [6.45, 7) is 5.88. The Morgan fingerprint density at radius 3 is 2.57 bits per heavy atom. The van der Waals surface area contributed by atoms with Crippen LogP contribution < -0.4 is 10.4 Å². The molecule has 0 aliphatic rings. The first-order valence-corrected chi connectivity index (χ1v) is 9.00. The van der Waals surface area contributed by atoms with Gasteiger partial charge in [-0.1, -0.05) is 29.8 Å². The second-order valence-electron chi connectivity index (χ2n) is 5.62. The topological polar surface area (TPSA) is 81.1 Å². The van der Waals surface area contributed by atoms with Crippen molar-refractivity contribution in [1.82, 2.24) is 14.3 Å². The van der Waals surface area contributed by atoms with E-state index in [-0.39, 0.29) is 24.5 Å². The number of hydrogen-bond donors (Lipinski definition) is 1. The highest BCUT2D eigenvalue weighted by molar-refractivity contribution is 7.88. The first-order chi connectivity index (χ1) is 10.8. The Bertz CT molecular complexity index is 857. The van der Waals surface area contributed by atoms with E-state index in [2.05, 4.69) is 9.71 Å². The van der Waals surface area contributed by atoms with Crippen molar-refractivity contribution < 1.29 is 8.42 Å². The number of rotatable bonds is 6. The van der Waals surface area contributed by atoms with Crippen molar-refractivity contribution >= 4 is 10.0 Å². The minimum Gasteiger partial charge on any atom is -0.295 e. The van der Waals surface area contributed by atoms with Gasteiger partial charge in [-0.3, -0.25) is 4.57 Å².